The minimum absolute atomic E-state index is 0.696. The van der Waals surface area contributed by atoms with Crippen molar-refractivity contribution in [1.82, 2.24) is 19.1 Å². The van der Waals surface area contributed by atoms with Gasteiger partial charge >= 0.3 is 0 Å². The van der Waals surface area contributed by atoms with E-state index in [1.165, 1.54) is 38.1 Å². The molecule has 11 aromatic rings. The Morgan fingerprint density at radius 2 is 0.825 bits per heavy atom. The molecular formula is C53H36N4. The molecule has 0 amide bonds. The zero-order valence-electron chi connectivity index (χ0n) is 31.3. The van der Waals surface area contributed by atoms with Crippen LogP contribution in [0.1, 0.15) is 5.56 Å². The van der Waals surface area contributed by atoms with Crippen LogP contribution in [-0.4, -0.2) is 19.1 Å². The molecule has 0 bridgehead atoms. The highest BCUT2D eigenvalue weighted by Crippen LogP contribution is 2.42. The van der Waals surface area contributed by atoms with Crippen molar-refractivity contribution in [2.75, 3.05) is 0 Å². The molecule has 57 heavy (non-hydrogen) atoms. The first-order valence-corrected chi connectivity index (χ1v) is 19.4. The van der Waals surface area contributed by atoms with Crippen LogP contribution >= 0.6 is 0 Å². The SMILES string of the molecule is Cc1ccc2c(c1)c1ccccc1n2-c1cc(-c2cc(-c3ccccc3)nc(-c3ccccc3)n2)ccc1-c1ccccc1-n1c2ccccc2c2ccccc21. The first-order valence-electron chi connectivity index (χ1n) is 19.4. The van der Waals surface area contributed by atoms with Crippen molar-refractivity contribution in [1.29, 1.82) is 0 Å². The number of nitrogens with zero attached hydrogens (tertiary/aromatic N) is 4. The quantitative estimate of drug-likeness (QED) is 0.171. The molecule has 0 saturated heterocycles. The topological polar surface area (TPSA) is 35.6 Å². The van der Waals surface area contributed by atoms with E-state index in [4.69, 9.17) is 9.97 Å². The number of benzene rings is 8. The predicted molar refractivity (Wildman–Crippen MR) is 237 cm³/mol. The van der Waals surface area contributed by atoms with Gasteiger partial charge < -0.3 is 9.13 Å². The van der Waals surface area contributed by atoms with Crippen LogP contribution in [0.3, 0.4) is 0 Å². The van der Waals surface area contributed by atoms with E-state index in [9.17, 15) is 0 Å². The average molecular weight is 729 g/mol. The van der Waals surface area contributed by atoms with Gasteiger partial charge in [0.05, 0.1) is 44.8 Å². The smallest absolute Gasteiger partial charge is 0.160 e. The van der Waals surface area contributed by atoms with Crippen molar-refractivity contribution in [3.05, 3.63) is 206 Å². The van der Waals surface area contributed by atoms with E-state index in [1.807, 2.05) is 24.3 Å². The molecule has 268 valence electrons. The van der Waals surface area contributed by atoms with Gasteiger partial charge in [-0.25, -0.2) is 9.97 Å². The van der Waals surface area contributed by atoms with Crippen LogP contribution < -0.4 is 0 Å². The van der Waals surface area contributed by atoms with Gasteiger partial charge in [-0.3, -0.25) is 0 Å². The van der Waals surface area contributed by atoms with E-state index in [-0.39, 0.29) is 0 Å². The lowest BCUT2D eigenvalue weighted by Gasteiger charge is -2.20. The fourth-order valence-electron chi connectivity index (χ4n) is 8.60. The summed E-state index contributed by atoms with van der Waals surface area (Å²) < 4.78 is 4.87. The highest BCUT2D eigenvalue weighted by atomic mass is 15.0. The molecule has 3 aromatic heterocycles. The third-order valence-electron chi connectivity index (χ3n) is 11.2. The summed E-state index contributed by atoms with van der Waals surface area (Å²) in [6.45, 7) is 2.17. The Labute approximate surface area is 330 Å². The van der Waals surface area contributed by atoms with Gasteiger partial charge in [0.15, 0.2) is 5.82 Å². The van der Waals surface area contributed by atoms with Crippen LogP contribution in [0.5, 0.6) is 0 Å². The maximum Gasteiger partial charge on any atom is 0.160 e. The molecule has 0 spiro atoms. The fourth-order valence-corrected chi connectivity index (χ4v) is 8.60. The third kappa shape index (κ3) is 5.45. The summed E-state index contributed by atoms with van der Waals surface area (Å²) >= 11 is 0. The standard InChI is InChI=1S/C53H36N4/c1-35-28-31-51-44(32-35)42-23-11-15-27-50(42)57(51)52-33-38(46-34-45(36-16-4-2-5-17-36)54-53(55-46)37-18-6-3-7-19-37)29-30-43(52)41-22-10-14-26-49(41)56-47-24-12-8-20-39(47)40-21-9-13-25-48(40)56/h2-34H,1H3. The lowest BCUT2D eigenvalue weighted by atomic mass is 9.97. The predicted octanol–water partition coefficient (Wildman–Crippen LogP) is 13.6. The first-order chi connectivity index (χ1) is 28.2. The lowest BCUT2D eigenvalue weighted by Crippen LogP contribution is -2.02. The Hall–Kier alpha value is -7.56. The van der Waals surface area contributed by atoms with E-state index >= 15 is 0 Å². The summed E-state index contributed by atoms with van der Waals surface area (Å²) in [5.41, 5.74) is 15.2. The number of hydrogen-bond acceptors (Lipinski definition) is 2. The van der Waals surface area contributed by atoms with Crippen LogP contribution in [0, 0.1) is 6.92 Å². The van der Waals surface area contributed by atoms with Crippen LogP contribution in [0.15, 0.2) is 200 Å². The third-order valence-corrected chi connectivity index (χ3v) is 11.2. The molecule has 0 atom stereocenters. The minimum atomic E-state index is 0.696. The Balaban J connectivity index is 1.22. The molecule has 0 aliphatic carbocycles. The molecule has 11 rings (SSSR count). The molecule has 4 nitrogen and oxygen atoms in total. The van der Waals surface area contributed by atoms with E-state index in [0.29, 0.717) is 5.82 Å². The number of aryl methyl sites for hydroxylation is 1. The van der Waals surface area contributed by atoms with Gasteiger partial charge in [-0.2, -0.15) is 0 Å². The van der Waals surface area contributed by atoms with Gasteiger partial charge in [-0.05, 0) is 55.5 Å². The van der Waals surface area contributed by atoms with Crippen LogP contribution in [-0.2, 0) is 0 Å². The van der Waals surface area contributed by atoms with Crippen molar-refractivity contribution < 1.29 is 0 Å². The molecule has 0 aliphatic rings. The Kier molecular flexibility index (Phi) is 7.68. The number of rotatable bonds is 6. The number of para-hydroxylation sites is 4. The maximum absolute atomic E-state index is 5.26. The molecule has 4 heteroatoms. The molecule has 0 N–H and O–H groups in total. The monoisotopic (exact) mass is 728 g/mol. The summed E-state index contributed by atoms with van der Waals surface area (Å²) in [5, 5.41) is 4.94. The molecule has 0 radical (unpaired) electrons. The average Bonchev–Trinajstić information content (AvgIpc) is 3.79. The zero-order valence-corrected chi connectivity index (χ0v) is 31.3. The van der Waals surface area contributed by atoms with E-state index in [2.05, 4.69) is 192 Å². The van der Waals surface area contributed by atoms with E-state index in [1.54, 1.807) is 0 Å². The van der Waals surface area contributed by atoms with Crippen molar-refractivity contribution >= 4 is 43.6 Å². The molecule has 8 aromatic carbocycles. The number of aromatic nitrogens is 4. The van der Waals surface area contributed by atoms with Gasteiger partial charge in [0.1, 0.15) is 0 Å². The second-order valence-corrected chi connectivity index (χ2v) is 14.7. The summed E-state index contributed by atoms with van der Waals surface area (Å²) in [5.74, 6) is 0.696. The van der Waals surface area contributed by atoms with Gasteiger partial charge in [0.25, 0.3) is 0 Å². The largest absolute Gasteiger partial charge is 0.309 e. The number of fused-ring (bicyclic) bond motifs is 6. The first kappa shape index (κ1) is 32.8. The molecule has 0 saturated carbocycles. The van der Waals surface area contributed by atoms with Crippen molar-refractivity contribution in [2.45, 2.75) is 6.92 Å². The van der Waals surface area contributed by atoms with E-state index < -0.39 is 0 Å². The van der Waals surface area contributed by atoms with Gasteiger partial charge in [-0.1, -0.05) is 157 Å². The maximum atomic E-state index is 5.26. The summed E-state index contributed by atoms with van der Waals surface area (Å²) in [6.07, 6.45) is 0. The normalized spacial score (nSPS) is 11.6. The molecule has 0 unspecified atom stereocenters. The second kappa shape index (κ2) is 13.3. The van der Waals surface area contributed by atoms with E-state index in [0.717, 1.165) is 61.6 Å². The highest BCUT2D eigenvalue weighted by molar-refractivity contribution is 6.11. The molecular weight excluding hydrogens is 693 g/mol. The van der Waals surface area contributed by atoms with Gasteiger partial charge in [-0.15, -0.1) is 0 Å². The van der Waals surface area contributed by atoms with Crippen LogP contribution in [0.4, 0.5) is 0 Å². The summed E-state index contributed by atoms with van der Waals surface area (Å²) in [4.78, 5) is 10.4. The summed E-state index contributed by atoms with van der Waals surface area (Å²) in [6, 6.07) is 71.5. The molecule has 3 heterocycles. The Bertz CT molecular complexity index is 3190. The fraction of sp³-hybridized carbons (Fsp3) is 0.0189. The second-order valence-electron chi connectivity index (χ2n) is 14.7. The van der Waals surface area contributed by atoms with Gasteiger partial charge in [0.2, 0.25) is 0 Å². The minimum Gasteiger partial charge on any atom is -0.309 e. The molecule has 0 fully saturated rings. The molecule has 0 aliphatic heterocycles. The van der Waals surface area contributed by atoms with Crippen LogP contribution in [0.2, 0.25) is 0 Å². The Morgan fingerprint density at radius 1 is 0.333 bits per heavy atom. The van der Waals surface area contributed by atoms with Crippen LogP contribution in [0.25, 0.3) is 100 Å². The highest BCUT2D eigenvalue weighted by Gasteiger charge is 2.21. The van der Waals surface area contributed by atoms with Crippen molar-refractivity contribution in [3.63, 3.8) is 0 Å². The number of hydrogen-bond donors (Lipinski definition) is 0. The lowest BCUT2D eigenvalue weighted by molar-refractivity contribution is 1.15. The zero-order chi connectivity index (χ0) is 37.9. The summed E-state index contributed by atoms with van der Waals surface area (Å²) in [7, 11) is 0. The van der Waals surface area contributed by atoms with Crippen molar-refractivity contribution in [2.24, 2.45) is 0 Å². The van der Waals surface area contributed by atoms with Crippen molar-refractivity contribution in [3.8, 4) is 56.4 Å². The van der Waals surface area contributed by atoms with Gasteiger partial charge in [0, 0.05) is 49.4 Å². The Morgan fingerprint density at radius 3 is 1.49 bits per heavy atom.